The summed E-state index contributed by atoms with van der Waals surface area (Å²) in [6.45, 7) is 1.16. The van der Waals surface area contributed by atoms with Gasteiger partial charge in [0, 0.05) is 12.5 Å². The number of sulfone groups is 1. The highest BCUT2D eigenvalue weighted by Gasteiger charge is 2.28. The number of carbonyl (C=O) groups excluding carboxylic acids is 1. The Labute approximate surface area is 101 Å². The third-order valence-corrected chi connectivity index (χ3v) is 4.72. The predicted molar refractivity (Wildman–Crippen MR) is 60.4 cm³/mol. The van der Waals surface area contributed by atoms with Crippen molar-refractivity contribution in [3.8, 4) is 0 Å². The third-order valence-electron chi connectivity index (χ3n) is 2.95. The summed E-state index contributed by atoms with van der Waals surface area (Å²) in [5.41, 5.74) is 0. The molecule has 0 radical (unpaired) electrons. The van der Waals surface area contributed by atoms with Crippen LogP contribution in [-0.4, -0.2) is 57.8 Å². The summed E-state index contributed by atoms with van der Waals surface area (Å²) in [6.07, 6.45) is 1.17. The lowest BCUT2D eigenvalue weighted by atomic mass is 10.2. The maximum absolute atomic E-state index is 11.4. The van der Waals surface area contributed by atoms with E-state index in [-0.39, 0.29) is 36.2 Å². The number of rotatable bonds is 4. The first-order valence-electron chi connectivity index (χ1n) is 5.76. The topological polar surface area (TPSA) is 81.7 Å². The van der Waals surface area contributed by atoms with Gasteiger partial charge in [0.05, 0.1) is 31.3 Å². The molecule has 2 fully saturated rings. The van der Waals surface area contributed by atoms with E-state index in [0.717, 1.165) is 6.42 Å². The van der Waals surface area contributed by atoms with Crippen LogP contribution < -0.4 is 5.32 Å². The van der Waals surface area contributed by atoms with Crippen molar-refractivity contribution in [1.29, 1.82) is 0 Å². The molecule has 6 nitrogen and oxygen atoms in total. The number of esters is 1. The van der Waals surface area contributed by atoms with Crippen LogP contribution in [0.5, 0.6) is 0 Å². The van der Waals surface area contributed by atoms with Crippen LogP contribution in [-0.2, 0) is 24.1 Å². The summed E-state index contributed by atoms with van der Waals surface area (Å²) in [6, 6.07) is -0.118. The molecule has 2 saturated heterocycles. The largest absolute Gasteiger partial charge is 0.459 e. The Bertz CT molecular complexity index is 374. The van der Waals surface area contributed by atoms with Crippen molar-refractivity contribution in [1.82, 2.24) is 5.32 Å². The first-order valence-corrected chi connectivity index (χ1v) is 7.58. The van der Waals surface area contributed by atoms with Gasteiger partial charge in [-0.2, -0.15) is 0 Å². The highest BCUT2D eigenvalue weighted by molar-refractivity contribution is 7.91. The summed E-state index contributed by atoms with van der Waals surface area (Å²) in [5, 5.41) is 2.92. The van der Waals surface area contributed by atoms with Crippen LogP contribution in [0.25, 0.3) is 0 Å². The molecule has 2 aliphatic heterocycles. The Morgan fingerprint density at radius 2 is 2.24 bits per heavy atom. The van der Waals surface area contributed by atoms with Gasteiger partial charge in [0.1, 0.15) is 6.10 Å². The molecule has 2 heterocycles. The van der Waals surface area contributed by atoms with E-state index in [9.17, 15) is 13.2 Å². The van der Waals surface area contributed by atoms with Crippen molar-refractivity contribution in [2.24, 2.45) is 0 Å². The fourth-order valence-electron chi connectivity index (χ4n) is 2.02. The molecule has 0 saturated carbocycles. The lowest BCUT2D eigenvalue weighted by Crippen LogP contribution is -2.36. The number of hydrogen-bond acceptors (Lipinski definition) is 6. The summed E-state index contributed by atoms with van der Waals surface area (Å²) < 4.78 is 32.6. The molecule has 0 aromatic carbocycles. The summed E-state index contributed by atoms with van der Waals surface area (Å²) in [5.74, 6) is -0.0204. The summed E-state index contributed by atoms with van der Waals surface area (Å²) in [4.78, 5) is 11.4. The number of nitrogens with one attached hydrogen (secondary N) is 1. The van der Waals surface area contributed by atoms with E-state index in [0.29, 0.717) is 19.6 Å². The average Bonchev–Trinajstić information content (AvgIpc) is 2.85. The SMILES string of the molecule is O=C(CNC1CCS(=O)(=O)C1)OC1CCOC1. The van der Waals surface area contributed by atoms with Gasteiger partial charge < -0.3 is 14.8 Å². The van der Waals surface area contributed by atoms with Gasteiger partial charge in [0.25, 0.3) is 0 Å². The maximum Gasteiger partial charge on any atom is 0.320 e. The van der Waals surface area contributed by atoms with Crippen LogP contribution in [0.4, 0.5) is 0 Å². The Morgan fingerprint density at radius 1 is 1.41 bits per heavy atom. The van der Waals surface area contributed by atoms with Crippen LogP contribution in [0.1, 0.15) is 12.8 Å². The van der Waals surface area contributed by atoms with E-state index >= 15 is 0 Å². The molecule has 1 N–H and O–H groups in total. The third kappa shape index (κ3) is 3.93. The fraction of sp³-hybridized carbons (Fsp3) is 0.900. The molecule has 0 spiro atoms. The first kappa shape index (κ1) is 12.8. The second kappa shape index (κ2) is 5.32. The Kier molecular flexibility index (Phi) is 4.01. The van der Waals surface area contributed by atoms with Crippen molar-refractivity contribution in [3.05, 3.63) is 0 Å². The van der Waals surface area contributed by atoms with Gasteiger partial charge in [0.2, 0.25) is 0 Å². The van der Waals surface area contributed by atoms with Crippen molar-refractivity contribution in [2.45, 2.75) is 25.0 Å². The zero-order chi connectivity index (χ0) is 12.3. The quantitative estimate of drug-likeness (QED) is 0.662. The monoisotopic (exact) mass is 263 g/mol. The average molecular weight is 263 g/mol. The van der Waals surface area contributed by atoms with Crippen molar-refractivity contribution in [2.75, 3.05) is 31.3 Å². The smallest absolute Gasteiger partial charge is 0.320 e. The Balaban J connectivity index is 1.66. The predicted octanol–water partition coefficient (Wildman–Crippen LogP) is -0.905. The Hall–Kier alpha value is -0.660. The standard InChI is InChI=1S/C10H17NO5S/c12-10(16-9-1-3-15-6-9)5-11-8-2-4-17(13,14)7-8/h8-9,11H,1-7H2. The molecule has 7 heteroatoms. The number of carbonyl (C=O) groups is 1. The van der Waals surface area contributed by atoms with Crippen LogP contribution in [0.3, 0.4) is 0 Å². The minimum Gasteiger partial charge on any atom is -0.459 e. The van der Waals surface area contributed by atoms with Gasteiger partial charge in [-0.25, -0.2) is 8.42 Å². The van der Waals surface area contributed by atoms with E-state index < -0.39 is 9.84 Å². The second-order valence-corrected chi connectivity index (χ2v) is 6.69. The van der Waals surface area contributed by atoms with E-state index in [4.69, 9.17) is 9.47 Å². The lowest BCUT2D eigenvalue weighted by Gasteiger charge is -2.13. The highest BCUT2D eigenvalue weighted by Crippen LogP contribution is 2.11. The summed E-state index contributed by atoms with van der Waals surface area (Å²) in [7, 11) is -2.90. The van der Waals surface area contributed by atoms with E-state index in [2.05, 4.69) is 5.32 Å². The normalized spacial score (nSPS) is 31.5. The molecule has 17 heavy (non-hydrogen) atoms. The van der Waals surface area contributed by atoms with E-state index in [1.165, 1.54) is 0 Å². The molecule has 0 amide bonds. The molecule has 0 aromatic rings. The zero-order valence-corrected chi connectivity index (χ0v) is 10.4. The number of ether oxygens (including phenoxy) is 2. The molecule has 98 valence electrons. The number of hydrogen-bond donors (Lipinski definition) is 1. The van der Waals surface area contributed by atoms with E-state index in [1.807, 2.05) is 0 Å². The van der Waals surface area contributed by atoms with Crippen molar-refractivity contribution >= 4 is 15.8 Å². The fourth-order valence-corrected chi connectivity index (χ4v) is 3.72. The molecule has 0 bridgehead atoms. The zero-order valence-electron chi connectivity index (χ0n) is 9.55. The van der Waals surface area contributed by atoms with Gasteiger partial charge in [0.15, 0.2) is 9.84 Å². The van der Waals surface area contributed by atoms with Crippen LogP contribution in [0, 0.1) is 0 Å². The molecular weight excluding hydrogens is 246 g/mol. The minimum absolute atomic E-state index is 0.0662. The van der Waals surface area contributed by atoms with Crippen LogP contribution in [0.2, 0.25) is 0 Å². The first-order chi connectivity index (χ1) is 8.05. The van der Waals surface area contributed by atoms with Gasteiger partial charge in [-0.3, -0.25) is 4.79 Å². The Morgan fingerprint density at radius 3 is 2.82 bits per heavy atom. The molecule has 0 aromatic heterocycles. The second-order valence-electron chi connectivity index (χ2n) is 4.46. The molecule has 2 unspecified atom stereocenters. The highest BCUT2D eigenvalue weighted by atomic mass is 32.2. The molecule has 2 atom stereocenters. The van der Waals surface area contributed by atoms with Crippen LogP contribution >= 0.6 is 0 Å². The molecular formula is C10H17NO5S. The molecule has 2 rings (SSSR count). The minimum atomic E-state index is -2.90. The van der Waals surface area contributed by atoms with E-state index in [1.54, 1.807) is 0 Å². The molecule has 2 aliphatic rings. The van der Waals surface area contributed by atoms with Crippen molar-refractivity contribution < 1.29 is 22.7 Å². The lowest BCUT2D eigenvalue weighted by molar-refractivity contribution is -0.147. The summed E-state index contributed by atoms with van der Waals surface area (Å²) >= 11 is 0. The maximum atomic E-state index is 11.4. The van der Waals surface area contributed by atoms with Crippen molar-refractivity contribution in [3.63, 3.8) is 0 Å². The molecule has 0 aliphatic carbocycles. The van der Waals surface area contributed by atoms with Gasteiger partial charge in [-0.15, -0.1) is 0 Å². The van der Waals surface area contributed by atoms with Gasteiger partial charge in [-0.05, 0) is 6.42 Å². The van der Waals surface area contributed by atoms with Crippen LogP contribution in [0.15, 0.2) is 0 Å². The van der Waals surface area contributed by atoms with Gasteiger partial charge in [-0.1, -0.05) is 0 Å². The van der Waals surface area contributed by atoms with Gasteiger partial charge >= 0.3 is 5.97 Å².